The highest BCUT2D eigenvalue weighted by atomic mass is 16.5. The molecule has 0 amide bonds. The van der Waals surface area contributed by atoms with Crippen molar-refractivity contribution in [3.63, 3.8) is 0 Å². The Labute approximate surface area is 102 Å². The van der Waals surface area contributed by atoms with E-state index >= 15 is 0 Å². The zero-order valence-corrected chi connectivity index (χ0v) is 10.5. The van der Waals surface area contributed by atoms with Gasteiger partial charge in [0.1, 0.15) is 12.1 Å². The molecule has 0 aromatic rings. The largest absolute Gasteiger partial charge is 0.480 e. The molecular weight excluding hydrogens is 222 g/mol. The number of piperidine rings is 1. The van der Waals surface area contributed by atoms with Crippen molar-refractivity contribution in [2.45, 2.75) is 51.6 Å². The monoisotopic (exact) mass is 243 g/mol. The molecule has 0 aromatic heterocycles. The summed E-state index contributed by atoms with van der Waals surface area (Å²) in [7, 11) is 0. The first kappa shape index (κ1) is 14.0. The van der Waals surface area contributed by atoms with Crippen LogP contribution in [0.2, 0.25) is 0 Å². The van der Waals surface area contributed by atoms with Gasteiger partial charge in [-0.15, -0.1) is 0 Å². The Morgan fingerprint density at radius 3 is 2.65 bits per heavy atom. The van der Waals surface area contributed by atoms with E-state index in [2.05, 4.69) is 0 Å². The fourth-order valence-electron chi connectivity index (χ4n) is 2.37. The number of nitrogens with zero attached hydrogens (tertiary/aromatic N) is 1. The molecule has 1 aliphatic heterocycles. The van der Waals surface area contributed by atoms with E-state index in [1.165, 1.54) is 0 Å². The number of rotatable bonds is 5. The second kappa shape index (κ2) is 6.59. The summed E-state index contributed by atoms with van der Waals surface area (Å²) in [5.74, 6) is -1.14. The highest BCUT2D eigenvalue weighted by Crippen LogP contribution is 2.22. The lowest BCUT2D eigenvalue weighted by atomic mass is 9.99. The molecule has 0 bridgehead atoms. The number of likely N-dealkylation sites (tertiary alicyclic amines) is 1. The van der Waals surface area contributed by atoms with Crippen molar-refractivity contribution in [3.8, 4) is 0 Å². The molecule has 0 spiro atoms. The van der Waals surface area contributed by atoms with Gasteiger partial charge in [0.2, 0.25) is 0 Å². The number of esters is 1. The maximum absolute atomic E-state index is 11.8. The summed E-state index contributed by atoms with van der Waals surface area (Å²) in [6.45, 7) is 4.64. The predicted molar refractivity (Wildman–Crippen MR) is 62.7 cm³/mol. The zero-order chi connectivity index (χ0) is 12.8. The van der Waals surface area contributed by atoms with Gasteiger partial charge in [-0.25, -0.2) is 0 Å². The van der Waals surface area contributed by atoms with E-state index in [1.807, 2.05) is 6.92 Å². The van der Waals surface area contributed by atoms with Crippen molar-refractivity contribution in [1.29, 1.82) is 0 Å². The van der Waals surface area contributed by atoms with E-state index < -0.39 is 18.1 Å². The SMILES string of the molecule is CCOC(=O)C(CC)N1CCCCC1C(=O)O. The van der Waals surface area contributed by atoms with E-state index in [-0.39, 0.29) is 5.97 Å². The second-order valence-corrected chi connectivity index (χ2v) is 4.26. The summed E-state index contributed by atoms with van der Waals surface area (Å²) in [4.78, 5) is 24.7. The van der Waals surface area contributed by atoms with Gasteiger partial charge in [-0.05, 0) is 32.7 Å². The molecule has 5 heteroatoms. The van der Waals surface area contributed by atoms with Crippen LogP contribution in [-0.2, 0) is 14.3 Å². The molecule has 1 saturated heterocycles. The van der Waals surface area contributed by atoms with Gasteiger partial charge in [0, 0.05) is 0 Å². The van der Waals surface area contributed by atoms with E-state index in [0.717, 1.165) is 12.8 Å². The minimum absolute atomic E-state index is 0.303. The molecule has 0 aromatic carbocycles. The van der Waals surface area contributed by atoms with Crippen LogP contribution in [-0.4, -0.2) is 47.2 Å². The van der Waals surface area contributed by atoms with Crippen molar-refractivity contribution >= 4 is 11.9 Å². The number of aliphatic carboxylic acids is 1. The van der Waals surface area contributed by atoms with E-state index in [1.54, 1.807) is 11.8 Å². The third kappa shape index (κ3) is 3.43. The summed E-state index contributed by atoms with van der Waals surface area (Å²) < 4.78 is 5.00. The minimum atomic E-state index is -0.840. The van der Waals surface area contributed by atoms with Gasteiger partial charge in [-0.1, -0.05) is 13.3 Å². The lowest BCUT2D eigenvalue weighted by molar-refractivity contribution is -0.156. The highest BCUT2D eigenvalue weighted by Gasteiger charge is 2.36. The maximum Gasteiger partial charge on any atom is 0.323 e. The molecule has 0 saturated carbocycles. The summed E-state index contributed by atoms with van der Waals surface area (Å²) in [5, 5.41) is 9.17. The van der Waals surface area contributed by atoms with Crippen molar-refractivity contribution in [1.82, 2.24) is 4.90 Å². The summed E-state index contributed by atoms with van der Waals surface area (Å²) in [6, 6.07) is -0.963. The Morgan fingerprint density at radius 1 is 1.41 bits per heavy atom. The maximum atomic E-state index is 11.8. The number of carbonyl (C=O) groups excluding carboxylic acids is 1. The second-order valence-electron chi connectivity index (χ2n) is 4.26. The van der Waals surface area contributed by atoms with E-state index in [4.69, 9.17) is 4.74 Å². The fraction of sp³-hybridized carbons (Fsp3) is 0.833. The molecule has 2 unspecified atom stereocenters. The number of carboxylic acids is 1. The average molecular weight is 243 g/mol. The van der Waals surface area contributed by atoms with Crippen molar-refractivity contribution in [3.05, 3.63) is 0 Å². The molecule has 0 aliphatic carbocycles. The Hall–Kier alpha value is -1.10. The molecular formula is C12H21NO4. The Balaban J connectivity index is 2.76. The number of carbonyl (C=O) groups is 2. The van der Waals surface area contributed by atoms with Gasteiger partial charge >= 0.3 is 11.9 Å². The quantitative estimate of drug-likeness (QED) is 0.736. The molecule has 2 atom stereocenters. The summed E-state index contributed by atoms with van der Waals surface area (Å²) in [5.41, 5.74) is 0. The summed E-state index contributed by atoms with van der Waals surface area (Å²) in [6.07, 6.45) is 3.06. The predicted octanol–water partition coefficient (Wildman–Crippen LogP) is 1.27. The molecule has 1 N–H and O–H groups in total. The first-order valence-electron chi connectivity index (χ1n) is 6.27. The molecule has 98 valence electrons. The van der Waals surface area contributed by atoms with Crippen LogP contribution >= 0.6 is 0 Å². The molecule has 1 fully saturated rings. The van der Waals surface area contributed by atoms with Crippen LogP contribution in [0.3, 0.4) is 0 Å². The molecule has 0 radical (unpaired) electrons. The van der Waals surface area contributed by atoms with Crippen molar-refractivity contribution in [2.75, 3.05) is 13.2 Å². The van der Waals surface area contributed by atoms with Crippen LogP contribution < -0.4 is 0 Å². The number of hydrogen-bond donors (Lipinski definition) is 1. The Bertz CT molecular complexity index is 280. The van der Waals surface area contributed by atoms with Crippen LogP contribution in [0.15, 0.2) is 0 Å². The third-order valence-corrected chi connectivity index (χ3v) is 3.17. The smallest absolute Gasteiger partial charge is 0.323 e. The van der Waals surface area contributed by atoms with Crippen LogP contribution in [0, 0.1) is 0 Å². The Kier molecular flexibility index (Phi) is 5.41. The Morgan fingerprint density at radius 2 is 2.12 bits per heavy atom. The van der Waals surface area contributed by atoms with Gasteiger partial charge in [0.15, 0.2) is 0 Å². The van der Waals surface area contributed by atoms with Gasteiger partial charge in [0.05, 0.1) is 6.61 Å². The number of hydrogen-bond acceptors (Lipinski definition) is 4. The van der Waals surface area contributed by atoms with Crippen LogP contribution in [0.25, 0.3) is 0 Å². The van der Waals surface area contributed by atoms with Gasteiger partial charge in [-0.3, -0.25) is 14.5 Å². The third-order valence-electron chi connectivity index (χ3n) is 3.17. The standard InChI is InChI=1S/C12H21NO4/c1-3-9(12(16)17-4-2)13-8-6-5-7-10(13)11(14)15/h9-10H,3-8H2,1-2H3,(H,14,15). The zero-order valence-electron chi connectivity index (χ0n) is 10.5. The van der Waals surface area contributed by atoms with Crippen molar-refractivity contribution in [2.24, 2.45) is 0 Å². The molecule has 5 nitrogen and oxygen atoms in total. The van der Waals surface area contributed by atoms with Gasteiger partial charge < -0.3 is 9.84 Å². The fourth-order valence-corrected chi connectivity index (χ4v) is 2.37. The lowest BCUT2D eigenvalue weighted by Crippen LogP contribution is -2.53. The van der Waals surface area contributed by atoms with Gasteiger partial charge in [-0.2, -0.15) is 0 Å². The normalized spacial score (nSPS) is 23.1. The molecule has 1 aliphatic rings. The summed E-state index contributed by atoms with van der Waals surface area (Å²) >= 11 is 0. The first-order chi connectivity index (χ1) is 8.11. The van der Waals surface area contributed by atoms with Crippen LogP contribution in [0.4, 0.5) is 0 Å². The van der Waals surface area contributed by atoms with E-state index in [0.29, 0.717) is 26.0 Å². The van der Waals surface area contributed by atoms with Gasteiger partial charge in [0.25, 0.3) is 0 Å². The average Bonchev–Trinajstić information content (AvgIpc) is 2.31. The highest BCUT2D eigenvalue weighted by molar-refractivity contribution is 5.78. The number of ether oxygens (including phenoxy) is 1. The minimum Gasteiger partial charge on any atom is -0.480 e. The topological polar surface area (TPSA) is 66.8 Å². The van der Waals surface area contributed by atoms with Crippen molar-refractivity contribution < 1.29 is 19.4 Å². The first-order valence-corrected chi connectivity index (χ1v) is 6.27. The van der Waals surface area contributed by atoms with Crippen LogP contribution in [0.1, 0.15) is 39.5 Å². The van der Waals surface area contributed by atoms with Crippen LogP contribution in [0.5, 0.6) is 0 Å². The molecule has 1 rings (SSSR count). The van der Waals surface area contributed by atoms with E-state index in [9.17, 15) is 14.7 Å². The number of carboxylic acid groups (broad SMARTS) is 1. The lowest BCUT2D eigenvalue weighted by Gasteiger charge is -2.37. The molecule has 1 heterocycles. The molecule has 17 heavy (non-hydrogen) atoms.